The fourth-order valence-electron chi connectivity index (χ4n) is 2.24. The van der Waals surface area contributed by atoms with Crippen LogP contribution in [0.1, 0.15) is 27.3 Å². The molecule has 3 rings (SSSR count). The van der Waals surface area contributed by atoms with Crippen molar-refractivity contribution in [2.75, 3.05) is 0 Å². The Morgan fingerprint density at radius 3 is 2.62 bits per heavy atom. The minimum atomic E-state index is -0.154. The van der Waals surface area contributed by atoms with Gasteiger partial charge >= 0.3 is 0 Å². The average Bonchev–Trinajstić information content (AvgIpc) is 2.92. The number of aromatic nitrogens is 2. The number of nitrogens with one attached hydrogen (secondary N) is 1. The van der Waals surface area contributed by atoms with Gasteiger partial charge in [-0.15, -0.1) is 0 Å². The number of pyridine rings is 1. The molecule has 0 fully saturated rings. The maximum Gasteiger partial charge on any atom is 0.271 e. The number of imidazole rings is 1. The zero-order chi connectivity index (χ0) is 14.8. The summed E-state index contributed by atoms with van der Waals surface area (Å²) >= 11 is 0. The molecule has 106 valence electrons. The van der Waals surface area contributed by atoms with Crippen molar-refractivity contribution in [2.24, 2.45) is 0 Å². The van der Waals surface area contributed by atoms with Crippen molar-refractivity contribution in [2.45, 2.75) is 20.4 Å². The van der Waals surface area contributed by atoms with Gasteiger partial charge in [-0.05, 0) is 31.5 Å². The quantitative estimate of drug-likeness (QED) is 0.801. The normalized spacial score (nSPS) is 10.8. The number of carbonyl (C=O) groups excluding carboxylic acids is 1. The van der Waals surface area contributed by atoms with Crippen LogP contribution in [0.5, 0.6) is 0 Å². The number of amides is 1. The maximum atomic E-state index is 12.2. The first-order valence-corrected chi connectivity index (χ1v) is 6.92. The van der Waals surface area contributed by atoms with Crippen LogP contribution in [0.25, 0.3) is 5.65 Å². The third-order valence-electron chi connectivity index (χ3n) is 3.50. The highest BCUT2D eigenvalue weighted by Crippen LogP contribution is 2.09. The summed E-state index contributed by atoms with van der Waals surface area (Å²) in [6.45, 7) is 4.54. The lowest BCUT2D eigenvalue weighted by molar-refractivity contribution is 0.0946. The number of nitrogens with zero attached hydrogens (tertiary/aromatic N) is 2. The summed E-state index contributed by atoms with van der Waals surface area (Å²) in [6.07, 6.45) is 1.77. The highest BCUT2D eigenvalue weighted by atomic mass is 16.1. The summed E-state index contributed by atoms with van der Waals surface area (Å²) < 4.78 is 1.92. The lowest BCUT2D eigenvalue weighted by atomic mass is 10.1. The van der Waals surface area contributed by atoms with E-state index in [1.165, 1.54) is 5.56 Å². The summed E-state index contributed by atoms with van der Waals surface area (Å²) in [4.78, 5) is 16.5. The molecule has 4 nitrogen and oxygen atoms in total. The van der Waals surface area contributed by atoms with E-state index in [9.17, 15) is 4.79 Å². The molecule has 0 bridgehead atoms. The second-order valence-corrected chi connectivity index (χ2v) is 5.19. The highest BCUT2D eigenvalue weighted by molar-refractivity contribution is 5.92. The van der Waals surface area contributed by atoms with E-state index >= 15 is 0 Å². The Morgan fingerprint density at radius 1 is 1.14 bits per heavy atom. The summed E-state index contributed by atoms with van der Waals surface area (Å²) in [6, 6.07) is 13.9. The molecule has 0 unspecified atom stereocenters. The first-order chi connectivity index (χ1) is 10.1. The van der Waals surface area contributed by atoms with Crippen molar-refractivity contribution in [1.29, 1.82) is 0 Å². The zero-order valence-electron chi connectivity index (χ0n) is 12.1. The molecule has 1 amide bonds. The summed E-state index contributed by atoms with van der Waals surface area (Å²) in [5.74, 6) is -0.154. The molecule has 0 saturated carbocycles. The molecule has 1 aromatic carbocycles. The molecule has 3 aromatic rings. The maximum absolute atomic E-state index is 12.2. The SMILES string of the molecule is Cc1ccc(CNC(=O)c2cn3c(C)cccc3n2)cc1. The standard InChI is InChI=1S/C17H17N3O/c1-12-6-8-14(9-7-12)10-18-17(21)15-11-20-13(2)4-3-5-16(20)19-15/h3-9,11H,10H2,1-2H3,(H,18,21). The van der Waals surface area contributed by atoms with Gasteiger partial charge in [-0.1, -0.05) is 35.9 Å². The molecule has 0 aliphatic heterocycles. The van der Waals surface area contributed by atoms with E-state index in [1.807, 2.05) is 60.7 Å². The Bertz CT molecular complexity index is 787. The van der Waals surface area contributed by atoms with Gasteiger partial charge in [0.2, 0.25) is 0 Å². The predicted octanol–water partition coefficient (Wildman–Crippen LogP) is 2.88. The van der Waals surface area contributed by atoms with E-state index in [0.717, 1.165) is 16.9 Å². The zero-order valence-corrected chi connectivity index (χ0v) is 12.1. The molecule has 0 aliphatic carbocycles. The van der Waals surface area contributed by atoms with Crippen molar-refractivity contribution < 1.29 is 4.79 Å². The number of benzene rings is 1. The van der Waals surface area contributed by atoms with E-state index in [2.05, 4.69) is 10.3 Å². The van der Waals surface area contributed by atoms with E-state index < -0.39 is 0 Å². The minimum absolute atomic E-state index is 0.154. The van der Waals surface area contributed by atoms with Gasteiger partial charge in [0, 0.05) is 18.4 Å². The molecule has 0 aliphatic rings. The van der Waals surface area contributed by atoms with Crippen molar-refractivity contribution >= 4 is 11.6 Å². The van der Waals surface area contributed by atoms with Crippen molar-refractivity contribution in [3.8, 4) is 0 Å². The summed E-state index contributed by atoms with van der Waals surface area (Å²) in [5.41, 5.74) is 4.57. The van der Waals surface area contributed by atoms with Crippen LogP contribution in [0, 0.1) is 13.8 Å². The highest BCUT2D eigenvalue weighted by Gasteiger charge is 2.10. The second kappa shape index (κ2) is 5.40. The van der Waals surface area contributed by atoms with Crippen LogP contribution < -0.4 is 5.32 Å². The summed E-state index contributed by atoms with van der Waals surface area (Å²) in [7, 11) is 0. The Hall–Kier alpha value is -2.62. The molecule has 21 heavy (non-hydrogen) atoms. The van der Waals surface area contributed by atoms with Crippen molar-refractivity contribution in [3.05, 3.63) is 71.2 Å². The van der Waals surface area contributed by atoms with Crippen LogP contribution in [-0.2, 0) is 6.54 Å². The Kier molecular flexibility index (Phi) is 3.44. The van der Waals surface area contributed by atoms with Gasteiger partial charge in [0.15, 0.2) is 0 Å². The fraction of sp³-hybridized carbons (Fsp3) is 0.176. The van der Waals surface area contributed by atoms with Gasteiger partial charge in [-0.25, -0.2) is 4.98 Å². The van der Waals surface area contributed by atoms with E-state index in [-0.39, 0.29) is 5.91 Å². The molecular weight excluding hydrogens is 262 g/mol. The molecule has 0 radical (unpaired) electrons. The monoisotopic (exact) mass is 279 g/mol. The van der Waals surface area contributed by atoms with E-state index in [4.69, 9.17) is 0 Å². The number of rotatable bonds is 3. The molecule has 2 heterocycles. The minimum Gasteiger partial charge on any atom is -0.347 e. The molecule has 0 saturated heterocycles. The van der Waals surface area contributed by atoms with Gasteiger partial charge in [0.1, 0.15) is 11.3 Å². The number of hydrogen-bond donors (Lipinski definition) is 1. The van der Waals surface area contributed by atoms with Gasteiger partial charge in [-0.2, -0.15) is 0 Å². The lowest BCUT2D eigenvalue weighted by Gasteiger charge is -2.03. The van der Waals surface area contributed by atoms with Crippen LogP contribution in [0.3, 0.4) is 0 Å². The van der Waals surface area contributed by atoms with Crippen LogP contribution in [0.15, 0.2) is 48.7 Å². The molecular formula is C17H17N3O. The van der Waals surface area contributed by atoms with E-state index in [0.29, 0.717) is 12.2 Å². The topological polar surface area (TPSA) is 46.4 Å². The largest absolute Gasteiger partial charge is 0.347 e. The Balaban J connectivity index is 1.75. The van der Waals surface area contributed by atoms with Gasteiger partial charge in [0.25, 0.3) is 5.91 Å². The smallest absolute Gasteiger partial charge is 0.271 e. The molecule has 2 aromatic heterocycles. The fourth-order valence-corrected chi connectivity index (χ4v) is 2.24. The Morgan fingerprint density at radius 2 is 1.90 bits per heavy atom. The molecule has 4 heteroatoms. The van der Waals surface area contributed by atoms with Crippen LogP contribution in [-0.4, -0.2) is 15.3 Å². The van der Waals surface area contributed by atoms with Gasteiger partial charge in [0.05, 0.1) is 0 Å². The van der Waals surface area contributed by atoms with Crippen molar-refractivity contribution in [3.63, 3.8) is 0 Å². The number of hydrogen-bond acceptors (Lipinski definition) is 2. The molecule has 0 spiro atoms. The van der Waals surface area contributed by atoms with Crippen LogP contribution in [0.4, 0.5) is 0 Å². The number of aryl methyl sites for hydroxylation is 2. The average molecular weight is 279 g/mol. The molecule has 1 N–H and O–H groups in total. The summed E-state index contributed by atoms with van der Waals surface area (Å²) in [5, 5.41) is 2.90. The van der Waals surface area contributed by atoms with E-state index in [1.54, 1.807) is 6.20 Å². The number of fused-ring (bicyclic) bond motifs is 1. The van der Waals surface area contributed by atoms with Gasteiger partial charge < -0.3 is 9.72 Å². The van der Waals surface area contributed by atoms with Crippen LogP contribution in [0.2, 0.25) is 0 Å². The second-order valence-electron chi connectivity index (χ2n) is 5.19. The lowest BCUT2D eigenvalue weighted by Crippen LogP contribution is -2.23. The number of carbonyl (C=O) groups is 1. The first kappa shape index (κ1) is 13.4. The molecule has 0 atom stereocenters. The third-order valence-corrected chi connectivity index (χ3v) is 3.50. The van der Waals surface area contributed by atoms with Crippen LogP contribution >= 0.6 is 0 Å². The van der Waals surface area contributed by atoms with Gasteiger partial charge in [-0.3, -0.25) is 4.79 Å². The van der Waals surface area contributed by atoms with Crippen molar-refractivity contribution in [1.82, 2.24) is 14.7 Å². The Labute approximate surface area is 123 Å². The predicted molar refractivity (Wildman–Crippen MR) is 82.3 cm³/mol. The first-order valence-electron chi connectivity index (χ1n) is 6.92. The third kappa shape index (κ3) is 2.79.